The Morgan fingerprint density at radius 1 is 1.21 bits per heavy atom. The number of amides is 1. The highest BCUT2D eigenvalue weighted by Gasteiger charge is 2.21. The average Bonchev–Trinajstić information content (AvgIpc) is 2.55. The summed E-state index contributed by atoms with van der Waals surface area (Å²) < 4.78 is 5.77. The number of hydrogen-bond acceptors (Lipinski definition) is 5. The Morgan fingerprint density at radius 2 is 1.92 bits per heavy atom. The van der Waals surface area contributed by atoms with Crippen molar-refractivity contribution in [2.45, 2.75) is 0 Å². The van der Waals surface area contributed by atoms with Gasteiger partial charge in [0.05, 0.1) is 17.0 Å². The van der Waals surface area contributed by atoms with Crippen LogP contribution in [0.3, 0.4) is 0 Å². The lowest BCUT2D eigenvalue weighted by Gasteiger charge is -2.08. The third-order valence-corrected chi connectivity index (χ3v) is 3.83. The number of fused-ring (bicyclic) bond motifs is 1. The standard InChI is InChI=1S/C17H9BrN2O4/c18-10-3-6-12-13(7-10)24-17(23)14(15(12)21)16(22)20-11-4-1-9(8-19)2-5-11/h1-7,21H,(H,20,22). The normalized spacial score (nSPS) is 10.3. The fourth-order valence-electron chi connectivity index (χ4n) is 2.18. The molecule has 0 bridgehead atoms. The minimum absolute atomic E-state index is 0.168. The summed E-state index contributed by atoms with van der Waals surface area (Å²) in [6.45, 7) is 0. The van der Waals surface area contributed by atoms with Crippen molar-refractivity contribution in [3.8, 4) is 11.8 Å². The second-order valence-electron chi connectivity index (χ2n) is 4.90. The van der Waals surface area contributed by atoms with Crippen LogP contribution in [0.2, 0.25) is 0 Å². The summed E-state index contributed by atoms with van der Waals surface area (Å²) in [6, 6.07) is 12.8. The summed E-state index contributed by atoms with van der Waals surface area (Å²) in [6.07, 6.45) is 0. The number of carbonyl (C=O) groups is 1. The van der Waals surface area contributed by atoms with Crippen molar-refractivity contribution in [1.29, 1.82) is 5.26 Å². The van der Waals surface area contributed by atoms with Crippen LogP contribution in [0.5, 0.6) is 5.75 Å². The van der Waals surface area contributed by atoms with E-state index in [1.165, 1.54) is 36.4 Å². The fraction of sp³-hybridized carbons (Fsp3) is 0. The lowest BCUT2D eigenvalue weighted by molar-refractivity contribution is 0.102. The van der Waals surface area contributed by atoms with Gasteiger partial charge in [-0.05, 0) is 42.5 Å². The van der Waals surface area contributed by atoms with Crippen LogP contribution in [0.4, 0.5) is 5.69 Å². The molecule has 118 valence electrons. The van der Waals surface area contributed by atoms with Crippen LogP contribution in [0.25, 0.3) is 11.0 Å². The molecule has 3 rings (SSSR count). The SMILES string of the molecule is N#Cc1ccc(NC(=O)c2c(O)c3ccc(Br)cc3oc2=O)cc1. The van der Waals surface area contributed by atoms with Crippen LogP contribution >= 0.6 is 15.9 Å². The van der Waals surface area contributed by atoms with Crippen molar-refractivity contribution in [2.75, 3.05) is 5.32 Å². The molecule has 0 spiro atoms. The molecule has 0 aliphatic rings. The van der Waals surface area contributed by atoms with Gasteiger partial charge in [-0.1, -0.05) is 15.9 Å². The van der Waals surface area contributed by atoms with Crippen LogP contribution in [0.15, 0.2) is 56.1 Å². The molecule has 3 aromatic rings. The van der Waals surface area contributed by atoms with Crippen LogP contribution in [0, 0.1) is 11.3 Å². The zero-order valence-corrected chi connectivity index (χ0v) is 13.6. The summed E-state index contributed by atoms with van der Waals surface area (Å²) in [7, 11) is 0. The van der Waals surface area contributed by atoms with Gasteiger partial charge >= 0.3 is 5.63 Å². The smallest absolute Gasteiger partial charge is 0.353 e. The summed E-state index contributed by atoms with van der Waals surface area (Å²) in [4.78, 5) is 24.4. The summed E-state index contributed by atoms with van der Waals surface area (Å²) >= 11 is 3.24. The topological polar surface area (TPSA) is 103 Å². The molecule has 1 heterocycles. The first-order chi connectivity index (χ1) is 11.5. The molecule has 0 saturated heterocycles. The zero-order valence-electron chi connectivity index (χ0n) is 12.0. The molecule has 0 aliphatic heterocycles. The van der Waals surface area contributed by atoms with Gasteiger partial charge in [0, 0.05) is 10.2 Å². The van der Waals surface area contributed by atoms with Crippen molar-refractivity contribution in [3.63, 3.8) is 0 Å². The van der Waals surface area contributed by atoms with E-state index in [1.54, 1.807) is 6.07 Å². The molecule has 0 fully saturated rings. The van der Waals surface area contributed by atoms with Gasteiger partial charge in [-0.25, -0.2) is 4.79 Å². The second kappa shape index (κ2) is 6.18. The van der Waals surface area contributed by atoms with Crippen LogP contribution in [0.1, 0.15) is 15.9 Å². The minimum Gasteiger partial charge on any atom is -0.506 e. The molecule has 0 aliphatic carbocycles. The molecule has 0 radical (unpaired) electrons. The molecule has 7 heteroatoms. The molecular formula is C17H9BrN2O4. The first kappa shape index (κ1) is 15.8. The number of halogens is 1. The molecule has 0 saturated carbocycles. The summed E-state index contributed by atoms with van der Waals surface area (Å²) in [5, 5.41) is 21.8. The van der Waals surface area contributed by atoms with Gasteiger partial charge < -0.3 is 14.8 Å². The number of nitriles is 1. The average molecular weight is 385 g/mol. The van der Waals surface area contributed by atoms with Crippen molar-refractivity contribution >= 4 is 38.5 Å². The Bertz CT molecular complexity index is 1050. The number of nitrogens with zero attached hydrogens (tertiary/aromatic N) is 1. The predicted molar refractivity (Wildman–Crippen MR) is 91.0 cm³/mol. The van der Waals surface area contributed by atoms with E-state index in [-0.39, 0.29) is 11.0 Å². The van der Waals surface area contributed by atoms with Gasteiger partial charge in [-0.3, -0.25) is 4.79 Å². The first-order valence-electron chi connectivity index (χ1n) is 6.76. The number of aromatic hydroxyl groups is 1. The molecule has 24 heavy (non-hydrogen) atoms. The van der Waals surface area contributed by atoms with E-state index < -0.39 is 22.8 Å². The lowest BCUT2D eigenvalue weighted by atomic mass is 10.1. The van der Waals surface area contributed by atoms with E-state index >= 15 is 0 Å². The highest BCUT2D eigenvalue weighted by molar-refractivity contribution is 9.10. The summed E-state index contributed by atoms with van der Waals surface area (Å²) in [5.41, 5.74) is -0.430. The molecule has 0 atom stereocenters. The first-order valence-corrected chi connectivity index (χ1v) is 7.56. The van der Waals surface area contributed by atoms with Gasteiger partial charge in [0.1, 0.15) is 11.3 Å². The maximum Gasteiger partial charge on any atom is 0.353 e. The van der Waals surface area contributed by atoms with Crippen LogP contribution in [-0.4, -0.2) is 11.0 Å². The van der Waals surface area contributed by atoms with Crippen molar-refractivity contribution in [1.82, 2.24) is 0 Å². The van der Waals surface area contributed by atoms with Gasteiger partial charge in [0.15, 0.2) is 5.56 Å². The number of hydrogen-bond donors (Lipinski definition) is 2. The third-order valence-electron chi connectivity index (χ3n) is 3.34. The van der Waals surface area contributed by atoms with Crippen LogP contribution < -0.4 is 10.9 Å². The van der Waals surface area contributed by atoms with Gasteiger partial charge in [0.2, 0.25) is 0 Å². The highest BCUT2D eigenvalue weighted by Crippen LogP contribution is 2.29. The molecule has 6 nitrogen and oxygen atoms in total. The van der Waals surface area contributed by atoms with Crippen molar-refractivity contribution in [3.05, 3.63) is 68.5 Å². The Balaban J connectivity index is 2.01. The van der Waals surface area contributed by atoms with Crippen molar-refractivity contribution < 1.29 is 14.3 Å². The van der Waals surface area contributed by atoms with E-state index in [2.05, 4.69) is 21.2 Å². The minimum atomic E-state index is -0.941. The number of rotatable bonds is 2. The van der Waals surface area contributed by atoms with Crippen molar-refractivity contribution in [2.24, 2.45) is 0 Å². The van der Waals surface area contributed by atoms with E-state index in [0.717, 1.165) is 0 Å². The molecule has 1 amide bonds. The number of anilines is 1. The monoisotopic (exact) mass is 384 g/mol. The van der Waals surface area contributed by atoms with E-state index in [1.807, 2.05) is 6.07 Å². The Labute approximate surface area is 144 Å². The molecule has 0 unspecified atom stereocenters. The van der Waals surface area contributed by atoms with E-state index in [4.69, 9.17) is 9.68 Å². The number of nitrogens with one attached hydrogen (secondary N) is 1. The van der Waals surface area contributed by atoms with Gasteiger partial charge in [0.25, 0.3) is 5.91 Å². The Hall–Kier alpha value is -3.11. The Kier molecular flexibility index (Phi) is 4.06. The second-order valence-corrected chi connectivity index (χ2v) is 5.81. The highest BCUT2D eigenvalue weighted by atomic mass is 79.9. The predicted octanol–water partition coefficient (Wildman–Crippen LogP) is 3.39. The molecule has 2 N–H and O–H groups in total. The molecule has 2 aromatic carbocycles. The van der Waals surface area contributed by atoms with Gasteiger partial charge in [-0.2, -0.15) is 5.26 Å². The van der Waals surface area contributed by atoms with Crippen LogP contribution in [-0.2, 0) is 0 Å². The van der Waals surface area contributed by atoms with E-state index in [9.17, 15) is 14.7 Å². The van der Waals surface area contributed by atoms with Gasteiger partial charge in [-0.15, -0.1) is 0 Å². The Morgan fingerprint density at radius 3 is 2.58 bits per heavy atom. The largest absolute Gasteiger partial charge is 0.506 e. The zero-order chi connectivity index (χ0) is 17.3. The number of benzene rings is 2. The number of carbonyl (C=O) groups excluding carboxylic acids is 1. The maximum absolute atomic E-state index is 12.3. The fourth-order valence-corrected chi connectivity index (χ4v) is 2.52. The quantitative estimate of drug-likeness (QED) is 0.659. The summed E-state index contributed by atoms with van der Waals surface area (Å²) in [5.74, 6) is -1.24. The lowest BCUT2D eigenvalue weighted by Crippen LogP contribution is -2.21. The molecular weight excluding hydrogens is 376 g/mol. The maximum atomic E-state index is 12.3. The van der Waals surface area contributed by atoms with E-state index in [0.29, 0.717) is 15.7 Å². The third kappa shape index (κ3) is 2.87. The molecule has 1 aromatic heterocycles.